The number of hydrogen-bond acceptors (Lipinski definition) is 6. The van der Waals surface area contributed by atoms with Crippen molar-refractivity contribution in [1.29, 1.82) is 10.7 Å². The SMILES string of the molecule is CC(C)CC(C)(C=N)COc1ncc(-c2ccnc3ccncc23)cc1C#N. The first-order chi connectivity index (χ1) is 13.5. The molecule has 0 bridgehead atoms. The molecule has 3 heterocycles. The van der Waals surface area contributed by atoms with Crippen molar-refractivity contribution in [3.05, 3.63) is 48.5 Å². The molecule has 0 aliphatic carbocycles. The number of nitrogens with zero attached hydrogens (tertiary/aromatic N) is 4. The van der Waals surface area contributed by atoms with Crippen molar-refractivity contribution >= 4 is 17.1 Å². The van der Waals surface area contributed by atoms with Gasteiger partial charge in [-0.3, -0.25) is 9.97 Å². The van der Waals surface area contributed by atoms with E-state index < -0.39 is 5.41 Å². The Labute approximate surface area is 164 Å². The summed E-state index contributed by atoms with van der Waals surface area (Å²) in [6.07, 6.45) is 9.13. The van der Waals surface area contributed by atoms with E-state index in [0.717, 1.165) is 28.5 Å². The number of ether oxygens (including phenoxy) is 1. The smallest absolute Gasteiger partial charge is 0.231 e. The Balaban J connectivity index is 1.91. The molecule has 6 heteroatoms. The molecule has 28 heavy (non-hydrogen) atoms. The normalized spacial score (nSPS) is 13.1. The van der Waals surface area contributed by atoms with Crippen molar-refractivity contribution in [3.63, 3.8) is 0 Å². The van der Waals surface area contributed by atoms with Gasteiger partial charge >= 0.3 is 0 Å². The summed E-state index contributed by atoms with van der Waals surface area (Å²) < 4.78 is 5.85. The maximum atomic E-state index is 9.60. The molecule has 3 aromatic rings. The Morgan fingerprint density at radius 3 is 2.79 bits per heavy atom. The van der Waals surface area contributed by atoms with Gasteiger partial charge in [0.05, 0.1) is 5.52 Å². The van der Waals surface area contributed by atoms with Crippen LogP contribution in [0.15, 0.2) is 43.0 Å². The van der Waals surface area contributed by atoms with E-state index in [9.17, 15) is 5.26 Å². The van der Waals surface area contributed by atoms with Crippen LogP contribution >= 0.6 is 0 Å². The molecule has 6 nitrogen and oxygen atoms in total. The van der Waals surface area contributed by atoms with Crippen LogP contribution in [0.1, 0.15) is 32.8 Å². The van der Waals surface area contributed by atoms with Gasteiger partial charge in [0.25, 0.3) is 0 Å². The highest BCUT2D eigenvalue weighted by atomic mass is 16.5. The molecule has 0 fully saturated rings. The second-order valence-corrected chi connectivity index (χ2v) is 7.62. The monoisotopic (exact) mass is 373 g/mol. The molecule has 0 spiro atoms. The summed E-state index contributed by atoms with van der Waals surface area (Å²) in [5.74, 6) is 0.731. The molecule has 0 saturated heterocycles. The molecular formula is C22H23N5O. The number of nitrogens with one attached hydrogen (secondary N) is 1. The molecule has 1 N–H and O–H groups in total. The maximum Gasteiger partial charge on any atom is 0.231 e. The molecule has 142 valence electrons. The number of pyridine rings is 3. The Kier molecular flexibility index (Phi) is 5.65. The number of rotatable bonds is 7. The van der Waals surface area contributed by atoms with Crippen molar-refractivity contribution in [2.45, 2.75) is 27.2 Å². The predicted molar refractivity (Wildman–Crippen MR) is 109 cm³/mol. The van der Waals surface area contributed by atoms with E-state index in [-0.39, 0.29) is 0 Å². The van der Waals surface area contributed by atoms with Gasteiger partial charge in [0.1, 0.15) is 18.2 Å². The van der Waals surface area contributed by atoms with Crippen LogP contribution < -0.4 is 4.74 Å². The van der Waals surface area contributed by atoms with E-state index in [1.807, 2.05) is 19.1 Å². The number of nitriles is 1. The molecule has 0 aromatic carbocycles. The molecule has 0 amide bonds. The lowest BCUT2D eigenvalue weighted by Crippen LogP contribution is -2.28. The minimum Gasteiger partial charge on any atom is -0.476 e. The minimum absolute atomic E-state index is 0.291. The number of hydrogen-bond donors (Lipinski definition) is 1. The molecule has 0 aliphatic heterocycles. The van der Waals surface area contributed by atoms with Crippen LogP contribution in [0.5, 0.6) is 5.88 Å². The fourth-order valence-corrected chi connectivity index (χ4v) is 3.36. The highest BCUT2D eigenvalue weighted by molar-refractivity contribution is 5.93. The molecule has 0 saturated carbocycles. The van der Waals surface area contributed by atoms with Gasteiger partial charge in [-0.15, -0.1) is 0 Å². The quantitative estimate of drug-likeness (QED) is 0.608. The zero-order valence-corrected chi connectivity index (χ0v) is 16.3. The van der Waals surface area contributed by atoms with Crippen LogP contribution in [-0.2, 0) is 0 Å². The highest BCUT2D eigenvalue weighted by Crippen LogP contribution is 2.30. The third kappa shape index (κ3) is 4.15. The summed E-state index contributed by atoms with van der Waals surface area (Å²) in [4.78, 5) is 12.9. The van der Waals surface area contributed by atoms with Crippen LogP contribution in [0.4, 0.5) is 0 Å². The van der Waals surface area contributed by atoms with Crippen LogP contribution in [0.25, 0.3) is 22.0 Å². The molecule has 0 aliphatic rings. The van der Waals surface area contributed by atoms with Crippen molar-refractivity contribution in [2.24, 2.45) is 11.3 Å². The van der Waals surface area contributed by atoms with E-state index >= 15 is 0 Å². The lowest BCUT2D eigenvalue weighted by molar-refractivity contribution is 0.193. The molecule has 1 unspecified atom stereocenters. The van der Waals surface area contributed by atoms with Gasteiger partial charge in [0.15, 0.2) is 0 Å². The second kappa shape index (κ2) is 8.13. The molecular weight excluding hydrogens is 350 g/mol. The van der Waals surface area contributed by atoms with Gasteiger partial charge in [-0.1, -0.05) is 20.8 Å². The van der Waals surface area contributed by atoms with E-state index in [1.165, 1.54) is 6.21 Å². The van der Waals surface area contributed by atoms with E-state index in [4.69, 9.17) is 10.1 Å². The Morgan fingerprint density at radius 1 is 1.25 bits per heavy atom. The van der Waals surface area contributed by atoms with Crippen molar-refractivity contribution in [3.8, 4) is 23.1 Å². The first-order valence-corrected chi connectivity index (χ1v) is 9.19. The lowest BCUT2D eigenvalue weighted by Gasteiger charge is -2.26. The molecule has 3 rings (SSSR count). The summed E-state index contributed by atoms with van der Waals surface area (Å²) in [5, 5.41) is 18.2. The zero-order valence-electron chi connectivity index (χ0n) is 16.3. The van der Waals surface area contributed by atoms with Crippen LogP contribution in [-0.4, -0.2) is 27.8 Å². The van der Waals surface area contributed by atoms with Gasteiger partial charge in [-0.05, 0) is 36.1 Å². The number of aromatic nitrogens is 3. The third-order valence-electron chi connectivity index (χ3n) is 4.59. The molecule has 3 aromatic heterocycles. The predicted octanol–water partition coefficient (Wildman–Crippen LogP) is 4.64. The molecule has 1 atom stereocenters. The van der Waals surface area contributed by atoms with Crippen molar-refractivity contribution in [2.75, 3.05) is 6.61 Å². The van der Waals surface area contributed by atoms with Gasteiger partial charge in [-0.2, -0.15) is 5.26 Å². The Bertz CT molecular complexity index is 1040. The standard InChI is InChI=1S/C22H23N5O/c1-15(2)9-22(3,13-24)14-28-21-16(10-23)8-17(11-27-21)18-4-7-26-20-5-6-25-12-19(18)20/h4-8,11-13,15,24H,9,14H2,1-3H3. The first kappa shape index (κ1) is 19.4. The fourth-order valence-electron chi connectivity index (χ4n) is 3.36. The fraction of sp³-hybridized carbons (Fsp3) is 0.318. The third-order valence-corrected chi connectivity index (χ3v) is 4.59. The summed E-state index contributed by atoms with van der Waals surface area (Å²) in [7, 11) is 0. The Morgan fingerprint density at radius 2 is 2.07 bits per heavy atom. The van der Waals surface area contributed by atoms with Gasteiger partial charge in [-0.25, -0.2) is 4.98 Å². The van der Waals surface area contributed by atoms with Crippen LogP contribution in [0.2, 0.25) is 0 Å². The summed E-state index contributed by atoms with van der Waals surface area (Å²) in [6.45, 7) is 6.52. The van der Waals surface area contributed by atoms with Gasteiger partial charge < -0.3 is 10.1 Å². The summed E-state index contributed by atoms with van der Waals surface area (Å²) >= 11 is 0. The van der Waals surface area contributed by atoms with Gasteiger partial charge in [0, 0.05) is 47.4 Å². The maximum absolute atomic E-state index is 9.60. The number of fused-ring (bicyclic) bond motifs is 1. The summed E-state index contributed by atoms with van der Waals surface area (Å²) in [6, 6.07) is 7.68. The average molecular weight is 373 g/mol. The van der Waals surface area contributed by atoms with E-state index in [2.05, 4.69) is 34.9 Å². The van der Waals surface area contributed by atoms with Crippen molar-refractivity contribution in [1.82, 2.24) is 15.0 Å². The average Bonchev–Trinajstić information content (AvgIpc) is 2.71. The molecule has 0 radical (unpaired) electrons. The largest absolute Gasteiger partial charge is 0.476 e. The lowest BCUT2D eigenvalue weighted by atomic mass is 9.84. The Hall–Kier alpha value is -3.33. The minimum atomic E-state index is -0.395. The summed E-state index contributed by atoms with van der Waals surface area (Å²) in [5.41, 5.74) is 2.53. The second-order valence-electron chi connectivity index (χ2n) is 7.62. The van der Waals surface area contributed by atoms with Crippen LogP contribution in [0.3, 0.4) is 0 Å². The van der Waals surface area contributed by atoms with E-state index in [1.54, 1.807) is 30.9 Å². The highest BCUT2D eigenvalue weighted by Gasteiger charge is 2.25. The first-order valence-electron chi connectivity index (χ1n) is 9.19. The topological polar surface area (TPSA) is 95.5 Å². The van der Waals surface area contributed by atoms with Crippen molar-refractivity contribution < 1.29 is 4.74 Å². The zero-order chi connectivity index (χ0) is 20.1. The van der Waals surface area contributed by atoms with Gasteiger partial charge in [0.2, 0.25) is 5.88 Å². The van der Waals surface area contributed by atoms with E-state index in [0.29, 0.717) is 24.0 Å². The van der Waals surface area contributed by atoms with Crippen LogP contribution in [0, 0.1) is 28.1 Å².